The molecule has 0 saturated heterocycles. The number of halogens is 1. The fourth-order valence-electron chi connectivity index (χ4n) is 3.47. The summed E-state index contributed by atoms with van der Waals surface area (Å²) in [6, 6.07) is 17.3. The number of hydrogen-bond acceptors (Lipinski definition) is 1. The SMILES string of the molecule is CCC(=O)N[C@H]1CCc2ccc(Br)cc2[C@H]1Cc1ccccc1. The van der Waals surface area contributed by atoms with E-state index in [1.54, 1.807) is 0 Å². The quantitative estimate of drug-likeness (QED) is 0.834. The van der Waals surface area contributed by atoms with E-state index in [0.717, 1.165) is 23.7 Å². The van der Waals surface area contributed by atoms with E-state index in [2.05, 4.69) is 63.7 Å². The number of aryl methyl sites for hydroxylation is 1. The Hall–Kier alpha value is -1.61. The van der Waals surface area contributed by atoms with Gasteiger partial charge in [0.2, 0.25) is 5.91 Å². The first kappa shape index (κ1) is 16.3. The van der Waals surface area contributed by atoms with Gasteiger partial charge in [-0.25, -0.2) is 0 Å². The van der Waals surface area contributed by atoms with Gasteiger partial charge in [0.25, 0.3) is 0 Å². The van der Waals surface area contributed by atoms with Crippen molar-refractivity contribution >= 4 is 21.8 Å². The molecule has 0 unspecified atom stereocenters. The predicted molar refractivity (Wildman–Crippen MR) is 97.6 cm³/mol. The zero-order chi connectivity index (χ0) is 16.2. The van der Waals surface area contributed by atoms with E-state index in [-0.39, 0.29) is 11.9 Å². The predicted octanol–water partition coefficient (Wildman–Crippen LogP) is 4.62. The summed E-state index contributed by atoms with van der Waals surface area (Å²) in [4.78, 5) is 11.9. The minimum absolute atomic E-state index is 0.145. The van der Waals surface area contributed by atoms with E-state index in [9.17, 15) is 4.79 Å². The average molecular weight is 372 g/mol. The van der Waals surface area contributed by atoms with Gasteiger partial charge in [-0.3, -0.25) is 4.79 Å². The van der Waals surface area contributed by atoms with Crippen molar-refractivity contribution in [1.82, 2.24) is 5.32 Å². The van der Waals surface area contributed by atoms with Crippen molar-refractivity contribution in [3.05, 3.63) is 69.7 Å². The first-order valence-corrected chi connectivity index (χ1v) is 9.08. The molecule has 3 rings (SSSR count). The number of rotatable bonds is 4. The fraction of sp³-hybridized carbons (Fsp3) is 0.350. The highest BCUT2D eigenvalue weighted by Crippen LogP contribution is 2.36. The molecule has 2 atom stereocenters. The molecule has 0 aromatic heterocycles. The largest absolute Gasteiger partial charge is 0.353 e. The Balaban J connectivity index is 1.93. The molecule has 0 saturated carbocycles. The summed E-state index contributed by atoms with van der Waals surface area (Å²) in [6.45, 7) is 1.91. The summed E-state index contributed by atoms with van der Waals surface area (Å²) >= 11 is 3.60. The van der Waals surface area contributed by atoms with Gasteiger partial charge in [0.15, 0.2) is 0 Å². The van der Waals surface area contributed by atoms with E-state index in [4.69, 9.17) is 0 Å². The van der Waals surface area contributed by atoms with Crippen molar-refractivity contribution in [2.75, 3.05) is 0 Å². The minimum Gasteiger partial charge on any atom is -0.353 e. The van der Waals surface area contributed by atoms with E-state index in [0.29, 0.717) is 12.3 Å². The van der Waals surface area contributed by atoms with Crippen LogP contribution in [-0.2, 0) is 17.6 Å². The lowest BCUT2D eigenvalue weighted by molar-refractivity contribution is -0.121. The molecule has 1 aliphatic carbocycles. The van der Waals surface area contributed by atoms with Crippen LogP contribution >= 0.6 is 15.9 Å². The maximum Gasteiger partial charge on any atom is 0.219 e. The van der Waals surface area contributed by atoms with E-state index in [1.807, 2.05) is 13.0 Å². The van der Waals surface area contributed by atoms with Crippen molar-refractivity contribution in [3.8, 4) is 0 Å². The molecule has 2 aromatic carbocycles. The van der Waals surface area contributed by atoms with Gasteiger partial charge in [0, 0.05) is 22.9 Å². The molecule has 1 aliphatic rings. The molecular formula is C20H22BrNO. The third kappa shape index (κ3) is 3.84. The highest BCUT2D eigenvalue weighted by Gasteiger charge is 2.30. The number of nitrogens with one attached hydrogen (secondary N) is 1. The summed E-state index contributed by atoms with van der Waals surface area (Å²) in [6.07, 6.45) is 3.54. The van der Waals surface area contributed by atoms with Gasteiger partial charge in [-0.1, -0.05) is 59.3 Å². The molecule has 2 aromatic rings. The molecule has 0 aliphatic heterocycles. The Kier molecular flexibility index (Phi) is 5.16. The van der Waals surface area contributed by atoms with Crippen molar-refractivity contribution in [1.29, 1.82) is 0 Å². The van der Waals surface area contributed by atoms with E-state index >= 15 is 0 Å². The Morgan fingerprint density at radius 1 is 1.22 bits per heavy atom. The van der Waals surface area contributed by atoms with Gasteiger partial charge in [0.05, 0.1) is 0 Å². The highest BCUT2D eigenvalue weighted by molar-refractivity contribution is 9.10. The lowest BCUT2D eigenvalue weighted by Crippen LogP contribution is -2.42. The molecule has 23 heavy (non-hydrogen) atoms. The molecule has 0 bridgehead atoms. The van der Waals surface area contributed by atoms with E-state index < -0.39 is 0 Å². The average Bonchev–Trinajstić information content (AvgIpc) is 2.58. The summed E-state index contributed by atoms with van der Waals surface area (Å²) in [5.74, 6) is 0.473. The van der Waals surface area contributed by atoms with Crippen molar-refractivity contribution < 1.29 is 4.79 Å². The van der Waals surface area contributed by atoms with Gasteiger partial charge < -0.3 is 5.32 Å². The lowest BCUT2D eigenvalue weighted by atomic mass is 9.76. The second kappa shape index (κ2) is 7.31. The van der Waals surface area contributed by atoms with Crippen LogP contribution in [0.15, 0.2) is 53.0 Å². The van der Waals surface area contributed by atoms with Crippen LogP contribution < -0.4 is 5.32 Å². The maximum atomic E-state index is 11.9. The molecule has 1 amide bonds. The zero-order valence-corrected chi connectivity index (χ0v) is 15.0. The monoisotopic (exact) mass is 371 g/mol. The van der Waals surface area contributed by atoms with Crippen LogP contribution in [0.1, 0.15) is 42.4 Å². The lowest BCUT2D eigenvalue weighted by Gasteiger charge is -2.34. The second-order valence-electron chi connectivity index (χ2n) is 6.21. The third-order valence-electron chi connectivity index (χ3n) is 4.68. The standard InChI is InChI=1S/C20H22BrNO/c1-2-20(23)22-19-11-9-15-8-10-16(21)13-17(15)18(19)12-14-6-4-3-5-7-14/h3-8,10,13,18-19H,2,9,11-12H2,1H3,(H,22,23)/t18-,19+/m1/s1. The van der Waals surface area contributed by atoms with Crippen molar-refractivity contribution in [2.24, 2.45) is 0 Å². The molecule has 0 spiro atoms. The van der Waals surface area contributed by atoms with Gasteiger partial charge in [-0.15, -0.1) is 0 Å². The van der Waals surface area contributed by atoms with Crippen molar-refractivity contribution in [3.63, 3.8) is 0 Å². The molecule has 1 N–H and O–H groups in total. The highest BCUT2D eigenvalue weighted by atomic mass is 79.9. The third-order valence-corrected chi connectivity index (χ3v) is 5.18. The topological polar surface area (TPSA) is 29.1 Å². The molecule has 3 heteroatoms. The second-order valence-corrected chi connectivity index (χ2v) is 7.12. The first-order chi connectivity index (χ1) is 11.2. The Morgan fingerprint density at radius 2 is 2.00 bits per heavy atom. The number of carbonyl (C=O) groups excluding carboxylic acids is 1. The van der Waals surface area contributed by atoms with Gasteiger partial charge in [0.1, 0.15) is 0 Å². The van der Waals surface area contributed by atoms with Crippen molar-refractivity contribution in [2.45, 2.75) is 44.6 Å². The normalized spacial score (nSPS) is 19.9. The van der Waals surface area contributed by atoms with Crippen LogP contribution in [-0.4, -0.2) is 11.9 Å². The van der Waals surface area contributed by atoms with Crippen LogP contribution in [0.5, 0.6) is 0 Å². The number of benzene rings is 2. The number of carbonyl (C=O) groups is 1. The van der Waals surface area contributed by atoms with Crippen LogP contribution in [0.25, 0.3) is 0 Å². The van der Waals surface area contributed by atoms with Crippen LogP contribution in [0.4, 0.5) is 0 Å². The molecule has 0 heterocycles. The summed E-state index contributed by atoms with van der Waals surface area (Å²) in [7, 11) is 0. The summed E-state index contributed by atoms with van der Waals surface area (Å²) in [5.41, 5.74) is 4.10. The molecule has 2 nitrogen and oxygen atoms in total. The molecule has 0 radical (unpaired) electrons. The number of fused-ring (bicyclic) bond motifs is 1. The number of amides is 1. The van der Waals surface area contributed by atoms with E-state index in [1.165, 1.54) is 16.7 Å². The Bertz CT molecular complexity index is 683. The maximum absolute atomic E-state index is 11.9. The van der Waals surface area contributed by atoms with Crippen LogP contribution in [0, 0.1) is 0 Å². The molecule has 120 valence electrons. The summed E-state index contributed by atoms with van der Waals surface area (Å²) < 4.78 is 1.11. The zero-order valence-electron chi connectivity index (χ0n) is 13.4. The molecule has 0 fully saturated rings. The fourth-order valence-corrected chi connectivity index (χ4v) is 3.85. The smallest absolute Gasteiger partial charge is 0.219 e. The molecular weight excluding hydrogens is 350 g/mol. The van der Waals surface area contributed by atoms with Gasteiger partial charge in [-0.2, -0.15) is 0 Å². The summed E-state index contributed by atoms with van der Waals surface area (Å²) in [5, 5.41) is 3.24. The van der Waals surface area contributed by atoms with Crippen LogP contribution in [0.3, 0.4) is 0 Å². The van der Waals surface area contributed by atoms with Gasteiger partial charge in [-0.05, 0) is 48.1 Å². The Morgan fingerprint density at radius 3 is 2.74 bits per heavy atom. The minimum atomic E-state index is 0.145. The Labute approximate surface area is 146 Å². The number of hydrogen-bond donors (Lipinski definition) is 1. The first-order valence-electron chi connectivity index (χ1n) is 8.29. The van der Waals surface area contributed by atoms with Gasteiger partial charge >= 0.3 is 0 Å². The van der Waals surface area contributed by atoms with Crippen LogP contribution in [0.2, 0.25) is 0 Å².